The van der Waals surface area contributed by atoms with E-state index >= 15 is 0 Å². The Balaban J connectivity index is 1.97. The molecule has 2 aliphatic heterocycles. The van der Waals surface area contributed by atoms with Gasteiger partial charge in [-0.15, -0.1) is 0 Å². The number of allylic oxidation sites excluding steroid dienone is 2. The van der Waals surface area contributed by atoms with E-state index in [9.17, 15) is 4.79 Å². The Kier molecular flexibility index (Phi) is 2.97. The van der Waals surface area contributed by atoms with Gasteiger partial charge in [0.2, 0.25) is 0 Å². The first-order valence-corrected chi connectivity index (χ1v) is 4.84. The number of carbonyl (C=O) groups is 1. The Labute approximate surface area is 88.2 Å². The second-order valence-electron chi connectivity index (χ2n) is 3.24. The summed E-state index contributed by atoms with van der Waals surface area (Å²) in [4.78, 5) is 16.2. The van der Waals surface area contributed by atoms with Crippen LogP contribution in [0.25, 0.3) is 0 Å². The van der Waals surface area contributed by atoms with E-state index in [-0.39, 0.29) is 0 Å². The molecule has 15 heavy (non-hydrogen) atoms. The molecule has 0 saturated heterocycles. The van der Waals surface area contributed by atoms with Gasteiger partial charge in [-0.05, 0) is 6.08 Å². The van der Waals surface area contributed by atoms with E-state index in [2.05, 4.69) is 4.99 Å². The molecule has 0 unspecified atom stereocenters. The number of ether oxygens (including phenoxy) is 1. The minimum Gasteiger partial charge on any atom is -0.496 e. The van der Waals surface area contributed by atoms with Gasteiger partial charge in [0.25, 0.3) is 0 Å². The number of carbonyl (C=O) groups excluding carboxylic acids is 1. The number of hydrogen-bond donors (Lipinski definition) is 0. The van der Waals surface area contributed by atoms with Crippen molar-refractivity contribution in [1.82, 2.24) is 4.90 Å². The third-order valence-electron chi connectivity index (χ3n) is 2.13. The van der Waals surface area contributed by atoms with Crippen molar-refractivity contribution in [2.24, 2.45) is 4.99 Å². The highest BCUT2D eigenvalue weighted by Gasteiger charge is 2.17. The summed E-state index contributed by atoms with van der Waals surface area (Å²) in [6.07, 6.45) is 10.6. The maximum Gasteiger partial charge on any atom is 0.123 e. The van der Waals surface area contributed by atoms with E-state index in [1.807, 2.05) is 23.3 Å². The molecule has 0 aliphatic carbocycles. The molecule has 0 N–H and O–H groups in total. The highest BCUT2D eigenvalue weighted by molar-refractivity contribution is 5.72. The highest BCUT2D eigenvalue weighted by Crippen LogP contribution is 2.21. The molecule has 4 nitrogen and oxygen atoms in total. The van der Waals surface area contributed by atoms with Crippen LogP contribution in [0.2, 0.25) is 0 Å². The molecule has 0 bridgehead atoms. The number of hydrogen-bond acceptors (Lipinski definition) is 4. The highest BCUT2D eigenvalue weighted by atomic mass is 16.5. The zero-order chi connectivity index (χ0) is 10.5. The standard InChI is InChI=1S/C11H12N2O2/c14-5-2-6-15-11-7-10-8-12-3-1-4-13(10)9-11/h1,3-5,7-8H,2,6,9H2. The number of nitrogens with zero attached hydrogens (tertiary/aromatic N) is 2. The molecule has 2 aliphatic rings. The fraction of sp³-hybridized carbons (Fsp3) is 0.273. The number of aldehydes is 1. The van der Waals surface area contributed by atoms with Gasteiger partial charge >= 0.3 is 0 Å². The predicted octanol–water partition coefficient (Wildman–Crippen LogP) is 1.23. The molecule has 0 aromatic carbocycles. The van der Waals surface area contributed by atoms with E-state index in [1.165, 1.54) is 0 Å². The lowest BCUT2D eigenvalue weighted by Crippen LogP contribution is -2.12. The fourth-order valence-corrected chi connectivity index (χ4v) is 1.44. The van der Waals surface area contributed by atoms with Crippen LogP contribution in [-0.4, -0.2) is 30.6 Å². The smallest absolute Gasteiger partial charge is 0.123 e. The van der Waals surface area contributed by atoms with Crippen molar-refractivity contribution in [2.75, 3.05) is 13.2 Å². The van der Waals surface area contributed by atoms with Gasteiger partial charge in [-0.1, -0.05) is 0 Å². The van der Waals surface area contributed by atoms with Crippen molar-refractivity contribution in [3.8, 4) is 0 Å². The van der Waals surface area contributed by atoms with Crippen LogP contribution in [0.4, 0.5) is 0 Å². The molecule has 78 valence electrons. The zero-order valence-corrected chi connectivity index (χ0v) is 8.30. The molecule has 2 rings (SSSR count). The topological polar surface area (TPSA) is 41.9 Å². The third kappa shape index (κ3) is 2.34. The summed E-state index contributed by atoms with van der Waals surface area (Å²) in [5.74, 6) is 0.879. The monoisotopic (exact) mass is 204 g/mol. The van der Waals surface area contributed by atoms with Gasteiger partial charge < -0.3 is 14.4 Å². The Hall–Kier alpha value is -1.84. The number of aliphatic imine (C=N–C) groups is 1. The molecule has 0 aromatic heterocycles. The lowest BCUT2D eigenvalue weighted by atomic mass is 10.4. The lowest BCUT2D eigenvalue weighted by molar-refractivity contribution is -0.108. The van der Waals surface area contributed by atoms with Crippen LogP contribution in [0.3, 0.4) is 0 Å². The summed E-state index contributed by atoms with van der Waals surface area (Å²) in [5, 5.41) is 0. The summed E-state index contributed by atoms with van der Waals surface area (Å²) in [7, 11) is 0. The van der Waals surface area contributed by atoms with Crippen molar-refractivity contribution < 1.29 is 9.53 Å². The van der Waals surface area contributed by atoms with Gasteiger partial charge in [-0.25, -0.2) is 0 Å². The van der Waals surface area contributed by atoms with E-state index in [4.69, 9.17) is 4.74 Å². The molecule has 0 radical (unpaired) electrons. The Morgan fingerprint density at radius 3 is 3.40 bits per heavy atom. The maximum atomic E-state index is 10.1. The van der Waals surface area contributed by atoms with Crippen molar-refractivity contribution in [1.29, 1.82) is 0 Å². The van der Waals surface area contributed by atoms with Gasteiger partial charge in [0.1, 0.15) is 12.0 Å². The third-order valence-corrected chi connectivity index (χ3v) is 2.13. The molecule has 4 heteroatoms. The molecule has 2 heterocycles. The second-order valence-corrected chi connectivity index (χ2v) is 3.24. The quantitative estimate of drug-likeness (QED) is 0.511. The van der Waals surface area contributed by atoms with E-state index in [0.717, 1.165) is 17.7 Å². The summed E-state index contributed by atoms with van der Waals surface area (Å²) < 4.78 is 5.44. The van der Waals surface area contributed by atoms with Crippen molar-refractivity contribution in [3.05, 3.63) is 36.0 Å². The van der Waals surface area contributed by atoms with Gasteiger partial charge in [-0.3, -0.25) is 4.99 Å². The van der Waals surface area contributed by atoms with Crippen LogP contribution >= 0.6 is 0 Å². The summed E-state index contributed by atoms with van der Waals surface area (Å²) >= 11 is 0. The zero-order valence-electron chi connectivity index (χ0n) is 8.30. The van der Waals surface area contributed by atoms with Crippen LogP contribution in [0.15, 0.2) is 41.0 Å². The molecule has 0 aromatic rings. The first-order valence-electron chi connectivity index (χ1n) is 4.84. The maximum absolute atomic E-state index is 10.1. The normalized spacial score (nSPS) is 18.0. The van der Waals surface area contributed by atoms with Crippen LogP contribution in [-0.2, 0) is 9.53 Å². The average Bonchev–Trinajstić information content (AvgIpc) is 2.49. The van der Waals surface area contributed by atoms with Crippen molar-refractivity contribution in [3.63, 3.8) is 0 Å². The number of rotatable bonds is 4. The van der Waals surface area contributed by atoms with E-state index < -0.39 is 0 Å². The van der Waals surface area contributed by atoms with Gasteiger partial charge in [-0.2, -0.15) is 0 Å². The van der Waals surface area contributed by atoms with Crippen LogP contribution in [0.1, 0.15) is 6.42 Å². The van der Waals surface area contributed by atoms with E-state index in [0.29, 0.717) is 19.6 Å². The minimum atomic E-state index is 0.435. The molecule has 0 fully saturated rings. The Bertz CT molecular complexity index is 367. The largest absolute Gasteiger partial charge is 0.496 e. The first-order chi connectivity index (χ1) is 7.40. The molecule has 0 amide bonds. The fourth-order valence-electron chi connectivity index (χ4n) is 1.44. The summed E-state index contributed by atoms with van der Waals surface area (Å²) in [6, 6.07) is 0. The lowest BCUT2D eigenvalue weighted by Gasteiger charge is -2.13. The SMILES string of the molecule is O=CCCOC1=CC2=CN=CC=CN2C1. The van der Waals surface area contributed by atoms with E-state index in [1.54, 1.807) is 12.4 Å². The summed E-state index contributed by atoms with van der Waals surface area (Å²) in [6.45, 7) is 1.16. The summed E-state index contributed by atoms with van der Waals surface area (Å²) in [5.41, 5.74) is 1.01. The van der Waals surface area contributed by atoms with Crippen LogP contribution < -0.4 is 0 Å². The van der Waals surface area contributed by atoms with Crippen molar-refractivity contribution in [2.45, 2.75) is 6.42 Å². The second kappa shape index (κ2) is 4.59. The van der Waals surface area contributed by atoms with Gasteiger partial charge in [0.05, 0.1) is 25.0 Å². The predicted molar refractivity (Wildman–Crippen MR) is 57.1 cm³/mol. The molecule has 0 saturated carbocycles. The van der Waals surface area contributed by atoms with Crippen LogP contribution in [0, 0.1) is 0 Å². The van der Waals surface area contributed by atoms with Crippen LogP contribution in [0.5, 0.6) is 0 Å². The average molecular weight is 204 g/mol. The molecule has 0 spiro atoms. The minimum absolute atomic E-state index is 0.435. The van der Waals surface area contributed by atoms with Gasteiger partial charge in [0, 0.05) is 24.9 Å². The molecular weight excluding hydrogens is 192 g/mol. The molecular formula is C11H12N2O2. The Morgan fingerprint density at radius 1 is 1.60 bits per heavy atom. The van der Waals surface area contributed by atoms with Crippen molar-refractivity contribution >= 4 is 12.5 Å². The number of fused-ring (bicyclic) bond motifs is 1. The van der Waals surface area contributed by atoms with Gasteiger partial charge in [0.15, 0.2) is 0 Å². The first kappa shape index (κ1) is 9.71. The molecule has 0 atom stereocenters. The Morgan fingerprint density at radius 2 is 2.53 bits per heavy atom.